The van der Waals surface area contributed by atoms with E-state index < -0.39 is 16.5 Å². The zero-order valence-corrected chi connectivity index (χ0v) is 10.3. The Kier molecular flexibility index (Phi) is 4.13. The van der Waals surface area contributed by atoms with Gasteiger partial charge in [-0.25, -0.2) is 4.39 Å². The molecule has 0 unspecified atom stereocenters. The molecule has 0 fully saturated rings. The predicted molar refractivity (Wildman–Crippen MR) is 64.1 cm³/mol. The van der Waals surface area contributed by atoms with Gasteiger partial charge < -0.3 is 5.11 Å². The lowest BCUT2D eigenvalue weighted by Gasteiger charge is -2.18. The Morgan fingerprint density at radius 3 is 2.76 bits per heavy atom. The minimum absolute atomic E-state index is 0.0174. The van der Waals surface area contributed by atoms with Gasteiger partial charge in [-0.3, -0.25) is 4.79 Å². The summed E-state index contributed by atoms with van der Waals surface area (Å²) in [4.78, 5) is 10.9. The average Bonchev–Trinajstić information content (AvgIpc) is 2.28. The van der Waals surface area contributed by atoms with Crippen molar-refractivity contribution in [2.45, 2.75) is 24.3 Å². The van der Waals surface area contributed by atoms with Crippen molar-refractivity contribution in [2.75, 3.05) is 0 Å². The van der Waals surface area contributed by atoms with Gasteiger partial charge in [-0.05, 0) is 31.5 Å². The first kappa shape index (κ1) is 13.5. The number of nitrogens with zero attached hydrogens (tertiary/aromatic N) is 1. The first-order valence-corrected chi connectivity index (χ1v) is 5.91. The number of nitriles is 1. The summed E-state index contributed by atoms with van der Waals surface area (Å²) >= 11 is 1.23. The van der Waals surface area contributed by atoms with Gasteiger partial charge in [0.25, 0.3) is 0 Å². The molecule has 90 valence electrons. The highest BCUT2D eigenvalue weighted by Crippen LogP contribution is 2.28. The van der Waals surface area contributed by atoms with E-state index in [2.05, 4.69) is 0 Å². The summed E-state index contributed by atoms with van der Waals surface area (Å²) in [5, 5.41) is 17.6. The van der Waals surface area contributed by atoms with Crippen LogP contribution >= 0.6 is 11.8 Å². The van der Waals surface area contributed by atoms with Crippen LogP contribution in [0.5, 0.6) is 0 Å². The molecular formula is C12H12FNO2S. The number of benzene rings is 1. The molecule has 3 nitrogen and oxygen atoms in total. The third kappa shape index (κ3) is 3.46. The van der Waals surface area contributed by atoms with Gasteiger partial charge in [-0.2, -0.15) is 5.26 Å². The molecule has 0 aliphatic rings. The summed E-state index contributed by atoms with van der Waals surface area (Å²) < 4.78 is 12.1. The summed E-state index contributed by atoms with van der Waals surface area (Å²) in [7, 11) is 0. The molecule has 0 saturated carbocycles. The molecule has 0 spiro atoms. The molecule has 0 amide bonds. The number of halogens is 1. The van der Waals surface area contributed by atoms with Gasteiger partial charge >= 0.3 is 5.97 Å². The van der Waals surface area contributed by atoms with Crippen LogP contribution in [0.3, 0.4) is 0 Å². The van der Waals surface area contributed by atoms with Crippen LogP contribution in [0.4, 0.5) is 4.39 Å². The Morgan fingerprint density at radius 1 is 1.59 bits per heavy atom. The lowest BCUT2D eigenvalue weighted by Crippen LogP contribution is -2.27. The van der Waals surface area contributed by atoms with Gasteiger partial charge in [-0.1, -0.05) is 6.07 Å². The number of rotatable bonds is 4. The Balaban J connectivity index is 2.78. The minimum Gasteiger partial charge on any atom is -0.480 e. The van der Waals surface area contributed by atoms with Gasteiger partial charge in [0, 0.05) is 5.75 Å². The van der Waals surface area contributed by atoms with E-state index >= 15 is 0 Å². The summed E-state index contributed by atoms with van der Waals surface area (Å²) in [5.41, 5.74) is 0.721. The Morgan fingerprint density at radius 2 is 2.24 bits per heavy atom. The van der Waals surface area contributed by atoms with Crippen LogP contribution < -0.4 is 0 Å². The molecule has 0 aliphatic carbocycles. The van der Waals surface area contributed by atoms with Crippen molar-refractivity contribution >= 4 is 17.7 Å². The van der Waals surface area contributed by atoms with Crippen molar-refractivity contribution in [3.05, 3.63) is 35.1 Å². The predicted octanol–water partition coefficient (Wildman–Crippen LogP) is 2.79. The number of aliphatic carboxylic acids is 1. The first-order valence-electron chi connectivity index (χ1n) is 4.92. The average molecular weight is 253 g/mol. The van der Waals surface area contributed by atoms with Gasteiger partial charge in [0.2, 0.25) is 0 Å². The molecule has 1 rings (SSSR count). The van der Waals surface area contributed by atoms with Crippen LogP contribution in [0.1, 0.15) is 25.0 Å². The summed E-state index contributed by atoms with van der Waals surface area (Å²) in [6.45, 7) is 3.21. The fourth-order valence-corrected chi connectivity index (χ4v) is 1.90. The summed E-state index contributed by atoms with van der Waals surface area (Å²) in [6.07, 6.45) is 0. The SMILES string of the molecule is CC(C)(SCc1ccc(F)c(C#N)c1)C(=O)O. The Labute approximate surface area is 103 Å². The van der Waals surface area contributed by atoms with Gasteiger partial charge in [0.15, 0.2) is 0 Å². The van der Waals surface area contributed by atoms with Gasteiger partial charge in [0.1, 0.15) is 16.6 Å². The Bertz CT molecular complexity index is 480. The fourth-order valence-electron chi connectivity index (χ4n) is 1.07. The van der Waals surface area contributed by atoms with Crippen LogP contribution in [-0.4, -0.2) is 15.8 Å². The summed E-state index contributed by atoms with van der Waals surface area (Å²) in [5.74, 6) is -1.03. The molecule has 1 N–H and O–H groups in total. The maximum absolute atomic E-state index is 13.0. The third-order valence-electron chi connectivity index (χ3n) is 2.27. The molecule has 0 aliphatic heterocycles. The maximum atomic E-state index is 13.0. The van der Waals surface area contributed by atoms with E-state index in [0.29, 0.717) is 5.75 Å². The van der Waals surface area contributed by atoms with Crippen LogP contribution in [0.25, 0.3) is 0 Å². The van der Waals surface area contributed by atoms with E-state index in [4.69, 9.17) is 10.4 Å². The van der Waals surface area contributed by atoms with Crippen LogP contribution in [0.2, 0.25) is 0 Å². The highest BCUT2D eigenvalue weighted by molar-refractivity contribution is 8.00. The molecule has 1 aromatic rings. The van der Waals surface area contributed by atoms with E-state index in [-0.39, 0.29) is 5.56 Å². The van der Waals surface area contributed by atoms with Crippen molar-refractivity contribution in [2.24, 2.45) is 0 Å². The Hall–Kier alpha value is -1.54. The van der Waals surface area contributed by atoms with E-state index in [1.54, 1.807) is 26.0 Å². The highest BCUT2D eigenvalue weighted by Gasteiger charge is 2.27. The fraction of sp³-hybridized carbons (Fsp3) is 0.333. The molecule has 1 aromatic carbocycles. The van der Waals surface area contributed by atoms with Gasteiger partial charge in [-0.15, -0.1) is 11.8 Å². The molecule has 0 heterocycles. The van der Waals surface area contributed by atoms with Gasteiger partial charge in [0.05, 0.1) is 5.56 Å². The van der Waals surface area contributed by atoms with Crippen molar-refractivity contribution in [3.63, 3.8) is 0 Å². The van der Waals surface area contributed by atoms with E-state index in [1.807, 2.05) is 0 Å². The second-order valence-electron chi connectivity index (χ2n) is 4.03. The largest absolute Gasteiger partial charge is 0.480 e. The standard InChI is InChI=1S/C12H12FNO2S/c1-12(2,11(15)16)17-7-8-3-4-10(13)9(5-8)6-14/h3-5H,7H2,1-2H3,(H,15,16). The van der Waals surface area contributed by atoms with Crippen LogP contribution in [0, 0.1) is 17.1 Å². The highest BCUT2D eigenvalue weighted by atomic mass is 32.2. The monoisotopic (exact) mass is 253 g/mol. The van der Waals surface area contributed by atoms with E-state index in [0.717, 1.165) is 5.56 Å². The first-order chi connectivity index (χ1) is 7.86. The topological polar surface area (TPSA) is 61.1 Å². The number of hydrogen-bond donors (Lipinski definition) is 1. The lowest BCUT2D eigenvalue weighted by molar-refractivity contribution is -0.138. The maximum Gasteiger partial charge on any atom is 0.319 e. The number of carboxylic acids is 1. The molecule has 0 saturated heterocycles. The minimum atomic E-state index is -0.902. The molecule has 0 bridgehead atoms. The van der Waals surface area contributed by atoms with Crippen molar-refractivity contribution in [1.29, 1.82) is 5.26 Å². The smallest absolute Gasteiger partial charge is 0.319 e. The molecule has 0 aromatic heterocycles. The van der Waals surface area contributed by atoms with Crippen molar-refractivity contribution in [3.8, 4) is 6.07 Å². The molecule has 17 heavy (non-hydrogen) atoms. The van der Waals surface area contributed by atoms with E-state index in [1.165, 1.54) is 23.9 Å². The second-order valence-corrected chi connectivity index (χ2v) is 5.63. The second kappa shape index (κ2) is 5.19. The normalized spacial score (nSPS) is 10.9. The molecule has 0 radical (unpaired) electrons. The van der Waals surface area contributed by atoms with E-state index in [9.17, 15) is 9.18 Å². The summed E-state index contributed by atoms with van der Waals surface area (Å²) in [6, 6.07) is 5.98. The van der Waals surface area contributed by atoms with Crippen LogP contribution in [0.15, 0.2) is 18.2 Å². The third-order valence-corrected chi connectivity index (χ3v) is 3.64. The quantitative estimate of drug-likeness (QED) is 0.896. The number of thioether (sulfide) groups is 1. The zero-order chi connectivity index (χ0) is 13.1. The number of hydrogen-bond acceptors (Lipinski definition) is 3. The van der Waals surface area contributed by atoms with Crippen molar-refractivity contribution < 1.29 is 14.3 Å². The van der Waals surface area contributed by atoms with Crippen LogP contribution in [-0.2, 0) is 10.5 Å². The number of carbonyl (C=O) groups is 1. The zero-order valence-electron chi connectivity index (χ0n) is 9.53. The molecule has 0 atom stereocenters. The molecule has 5 heteroatoms. The molecular weight excluding hydrogens is 241 g/mol. The number of carboxylic acid groups (broad SMARTS) is 1. The van der Waals surface area contributed by atoms with Crippen molar-refractivity contribution in [1.82, 2.24) is 0 Å². The lowest BCUT2D eigenvalue weighted by atomic mass is 10.1.